The molecule has 2 nitrogen and oxygen atoms in total. The van der Waals surface area contributed by atoms with E-state index < -0.39 is 0 Å². The standard InChI is InChI=1S/C11H14O2S/c1-3-13-8(2)9-6-4-5-7-10(9)11(12)14/h4-8H,3H2,1-2H3,(H,12,14). The van der Waals surface area contributed by atoms with Crippen molar-refractivity contribution in [1.29, 1.82) is 0 Å². The second-order valence-corrected chi connectivity index (χ2v) is 3.40. The lowest BCUT2D eigenvalue weighted by Crippen LogP contribution is -2.05. The lowest BCUT2D eigenvalue weighted by atomic mass is 10.0. The van der Waals surface area contributed by atoms with Crippen molar-refractivity contribution in [3.05, 3.63) is 35.4 Å². The van der Waals surface area contributed by atoms with Gasteiger partial charge < -0.3 is 4.74 Å². The van der Waals surface area contributed by atoms with Crippen LogP contribution >= 0.6 is 12.6 Å². The van der Waals surface area contributed by atoms with Crippen LogP contribution in [0, 0.1) is 0 Å². The highest BCUT2D eigenvalue weighted by Gasteiger charge is 2.12. The van der Waals surface area contributed by atoms with E-state index in [9.17, 15) is 4.79 Å². The summed E-state index contributed by atoms with van der Waals surface area (Å²) in [5.74, 6) is 0. The minimum absolute atomic E-state index is 0.0627. The first-order valence-electron chi connectivity index (χ1n) is 4.60. The first-order valence-corrected chi connectivity index (χ1v) is 5.05. The van der Waals surface area contributed by atoms with Crippen LogP contribution in [0.1, 0.15) is 35.9 Å². The Hall–Kier alpha value is -0.800. The molecule has 0 bridgehead atoms. The highest BCUT2D eigenvalue weighted by Crippen LogP contribution is 2.21. The minimum Gasteiger partial charge on any atom is -0.374 e. The molecule has 0 aliphatic heterocycles. The molecular formula is C11H14O2S. The summed E-state index contributed by atoms with van der Waals surface area (Å²) in [6.45, 7) is 4.50. The molecule has 0 saturated carbocycles. The molecule has 0 fully saturated rings. The van der Waals surface area contributed by atoms with E-state index in [1.165, 1.54) is 0 Å². The summed E-state index contributed by atoms with van der Waals surface area (Å²) in [5.41, 5.74) is 1.52. The number of thiol groups is 1. The highest BCUT2D eigenvalue weighted by molar-refractivity contribution is 7.97. The predicted molar refractivity (Wildman–Crippen MR) is 59.8 cm³/mol. The lowest BCUT2D eigenvalue weighted by Gasteiger charge is -2.14. The van der Waals surface area contributed by atoms with Crippen LogP contribution in [-0.4, -0.2) is 11.7 Å². The van der Waals surface area contributed by atoms with Gasteiger partial charge in [0.2, 0.25) is 5.12 Å². The Balaban J connectivity index is 3.00. The third-order valence-corrected chi connectivity index (χ3v) is 2.29. The summed E-state index contributed by atoms with van der Waals surface area (Å²) in [6.07, 6.45) is -0.0627. The van der Waals surface area contributed by atoms with Crippen LogP contribution in [0.2, 0.25) is 0 Å². The van der Waals surface area contributed by atoms with Gasteiger partial charge in [0.15, 0.2) is 0 Å². The molecule has 0 heterocycles. The lowest BCUT2D eigenvalue weighted by molar-refractivity contribution is 0.0752. The van der Waals surface area contributed by atoms with Gasteiger partial charge in [-0.2, -0.15) is 0 Å². The van der Waals surface area contributed by atoms with Gasteiger partial charge in [0, 0.05) is 12.2 Å². The molecule has 1 aromatic rings. The second-order valence-electron chi connectivity index (χ2n) is 2.99. The van der Waals surface area contributed by atoms with E-state index in [0.29, 0.717) is 12.2 Å². The van der Waals surface area contributed by atoms with Crippen molar-refractivity contribution in [2.45, 2.75) is 20.0 Å². The molecule has 1 atom stereocenters. The first kappa shape index (κ1) is 11.3. The summed E-state index contributed by atoms with van der Waals surface area (Å²) < 4.78 is 5.43. The van der Waals surface area contributed by atoms with Gasteiger partial charge in [-0.05, 0) is 19.4 Å². The van der Waals surface area contributed by atoms with Gasteiger partial charge >= 0.3 is 0 Å². The summed E-state index contributed by atoms with van der Waals surface area (Å²) >= 11 is 3.83. The van der Waals surface area contributed by atoms with Crippen LogP contribution in [0.3, 0.4) is 0 Å². The number of ether oxygens (including phenoxy) is 1. The molecular weight excluding hydrogens is 196 g/mol. The maximum atomic E-state index is 11.2. The molecule has 0 aliphatic rings. The second kappa shape index (κ2) is 5.17. The van der Waals surface area contributed by atoms with Crippen LogP contribution in [-0.2, 0) is 4.74 Å². The SMILES string of the molecule is CCOC(C)c1ccccc1C(=O)S. The molecule has 14 heavy (non-hydrogen) atoms. The van der Waals surface area contributed by atoms with Crippen LogP contribution in [0.25, 0.3) is 0 Å². The number of carbonyl (C=O) groups excluding carboxylic acids is 1. The Labute approximate surface area is 89.7 Å². The third-order valence-electron chi connectivity index (χ3n) is 2.05. The number of benzene rings is 1. The van der Waals surface area contributed by atoms with E-state index in [1.807, 2.05) is 32.0 Å². The van der Waals surface area contributed by atoms with Gasteiger partial charge in [-0.3, -0.25) is 4.79 Å². The average Bonchev–Trinajstić information content (AvgIpc) is 2.18. The van der Waals surface area contributed by atoms with Gasteiger partial charge in [0.1, 0.15) is 0 Å². The van der Waals surface area contributed by atoms with Crippen LogP contribution in [0.5, 0.6) is 0 Å². The molecule has 0 amide bonds. The maximum Gasteiger partial charge on any atom is 0.216 e. The summed E-state index contributed by atoms with van der Waals surface area (Å²) in [7, 11) is 0. The number of rotatable bonds is 4. The van der Waals surface area contributed by atoms with Gasteiger partial charge in [0.25, 0.3) is 0 Å². The van der Waals surface area contributed by atoms with E-state index in [2.05, 4.69) is 12.6 Å². The first-order chi connectivity index (χ1) is 6.66. The molecule has 1 rings (SSSR count). The van der Waals surface area contributed by atoms with Gasteiger partial charge in [-0.1, -0.05) is 24.3 Å². The molecule has 1 unspecified atom stereocenters. The quantitative estimate of drug-likeness (QED) is 0.773. The summed E-state index contributed by atoms with van der Waals surface area (Å²) in [6, 6.07) is 7.38. The topological polar surface area (TPSA) is 26.3 Å². The smallest absolute Gasteiger partial charge is 0.216 e. The third kappa shape index (κ3) is 2.59. The Morgan fingerprint density at radius 1 is 1.50 bits per heavy atom. The normalized spacial score (nSPS) is 12.5. The van der Waals surface area contributed by atoms with Crippen LogP contribution in [0.15, 0.2) is 24.3 Å². The molecule has 3 heteroatoms. The fourth-order valence-electron chi connectivity index (χ4n) is 1.39. The molecule has 0 aromatic heterocycles. The number of hydrogen-bond acceptors (Lipinski definition) is 2. The van der Waals surface area contributed by atoms with E-state index in [1.54, 1.807) is 6.07 Å². The van der Waals surface area contributed by atoms with Crippen molar-refractivity contribution >= 4 is 17.7 Å². The maximum absolute atomic E-state index is 11.2. The predicted octanol–water partition coefficient (Wildman–Crippen LogP) is 2.85. The fourth-order valence-corrected chi connectivity index (χ4v) is 1.59. The van der Waals surface area contributed by atoms with Crippen molar-refractivity contribution in [2.75, 3.05) is 6.61 Å². The van der Waals surface area contributed by atoms with Gasteiger partial charge in [-0.25, -0.2) is 0 Å². The zero-order valence-corrected chi connectivity index (χ0v) is 9.25. The van der Waals surface area contributed by atoms with E-state index in [0.717, 1.165) is 5.56 Å². The van der Waals surface area contributed by atoms with Gasteiger partial charge in [-0.15, -0.1) is 12.6 Å². The Kier molecular flexibility index (Phi) is 4.17. The van der Waals surface area contributed by atoms with Crippen molar-refractivity contribution in [2.24, 2.45) is 0 Å². The van der Waals surface area contributed by atoms with Crippen LogP contribution in [0.4, 0.5) is 0 Å². The highest BCUT2D eigenvalue weighted by atomic mass is 32.1. The van der Waals surface area contributed by atoms with Crippen molar-refractivity contribution in [3.8, 4) is 0 Å². The largest absolute Gasteiger partial charge is 0.374 e. The van der Waals surface area contributed by atoms with Crippen molar-refractivity contribution in [1.82, 2.24) is 0 Å². The fraction of sp³-hybridized carbons (Fsp3) is 0.364. The molecule has 76 valence electrons. The molecule has 0 N–H and O–H groups in total. The molecule has 0 radical (unpaired) electrons. The Morgan fingerprint density at radius 3 is 2.71 bits per heavy atom. The average molecular weight is 210 g/mol. The van der Waals surface area contributed by atoms with E-state index in [-0.39, 0.29) is 11.2 Å². The molecule has 0 spiro atoms. The zero-order chi connectivity index (χ0) is 10.6. The minimum atomic E-state index is -0.216. The monoisotopic (exact) mass is 210 g/mol. The van der Waals surface area contributed by atoms with Crippen LogP contribution < -0.4 is 0 Å². The number of hydrogen-bond donors (Lipinski definition) is 1. The van der Waals surface area contributed by atoms with E-state index in [4.69, 9.17) is 4.74 Å². The number of carbonyl (C=O) groups is 1. The van der Waals surface area contributed by atoms with Crippen molar-refractivity contribution < 1.29 is 9.53 Å². The summed E-state index contributed by atoms with van der Waals surface area (Å²) in [4.78, 5) is 11.2. The summed E-state index contributed by atoms with van der Waals surface area (Å²) in [5, 5.41) is -0.216. The van der Waals surface area contributed by atoms with Gasteiger partial charge in [0.05, 0.1) is 6.10 Å². The van der Waals surface area contributed by atoms with Crippen molar-refractivity contribution in [3.63, 3.8) is 0 Å². The molecule has 1 aromatic carbocycles. The molecule has 0 aliphatic carbocycles. The van der Waals surface area contributed by atoms with E-state index >= 15 is 0 Å². The Bertz CT molecular complexity index is 323. The Morgan fingerprint density at radius 2 is 2.14 bits per heavy atom. The zero-order valence-electron chi connectivity index (χ0n) is 8.36. The molecule has 0 saturated heterocycles.